The van der Waals surface area contributed by atoms with Crippen molar-refractivity contribution in [2.24, 2.45) is 17.8 Å². The molecule has 2 aromatic carbocycles. The van der Waals surface area contributed by atoms with E-state index in [-0.39, 0.29) is 11.9 Å². The van der Waals surface area contributed by atoms with Gasteiger partial charge in [-0.15, -0.1) is 0 Å². The number of rotatable bonds is 9. The first-order chi connectivity index (χ1) is 13.7. The Kier molecular flexibility index (Phi) is 5.96. The molecule has 0 N–H and O–H groups in total. The molecule has 2 aliphatic carbocycles. The van der Waals surface area contributed by atoms with Gasteiger partial charge >= 0.3 is 5.97 Å². The zero-order valence-electron chi connectivity index (χ0n) is 16.4. The largest absolute Gasteiger partial charge is 0.466 e. The third kappa shape index (κ3) is 4.74. The van der Waals surface area contributed by atoms with E-state index in [9.17, 15) is 4.79 Å². The van der Waals surface area contributed by atoms with Crippen LogP contribution in [-0.2, 0) is 14.3 Å². The molecule has 4 nitrogen and oxygen atoms in total. The summed E-state index contributed by atoms with van der Waals surface area (Å²) >= 11 is 0. The lowest BCUT2D eigenvalue weighted by Gasteiger charge is -2.35. The molecule has 0 heterocycles. The topological polar surface area (TPSA) is 44.8 Å². The van der Waals surface area contributed by atoms with E-state index >= 15 is 0 Å². The van der Waals surface area contributed by atoms with Crippen LogP contribution in [0.3, 0.4) is 0 Å². The summed E-state index contributed by atoms with van der Waals surface area (Å²) in [5, 5.41) is 0. The Morgan fingerprint density at radius 1 is 0.964 bits per heavy atom. The Bertz CT molecular complexity index is 782. The second-order valence-electron chi connectivity index (χ2n) is 7.91. The van der Waals surface area contributed by atoms with E-state index < -0.39 is 0 Å². The molecule has 0 radical (unpaired) electrons. The van der Waals surface area contributed by atoms with Gasteiger partial charge in [-0.25, -0.2) is 0 Å². The lowest BCUT2D eigenvalue weighted by molar-refractivity contribution is -0.145. The maximum atomic E-state index is 11.6. The van der Waals surface area contributed by atoms with E-state index in [4.69, 9.17) is 14.2 Å². The molecule has 4 heteroatoms. The summed E-state index contributed by atoms with van der Waals surface area (Å²) < 4.78 is 16.9. The first kappa shape index (κ1) is 19.0. The lowest BCUT2D eigenvalue weighted by Crippen LogP contribution is -2.26. The van der Waals surface area contributed by atoms with Crippen LogP contribution in [0.2, 0.25) is 0 Å². The van der Waals surface area contributed by atoms with Crippen molar-refractivity contribution in [2.75, 3.05) is 19.8 Å². The minimum absolute atomic E-state index is 0.0580. The number of benzene rings is 2. The Hall–Kier alpha value is -2.33. The van der Waals surface area contributed by atoms with Crippen LogP contribution in [-0.4, -0.2) is 25.8 Å². The minimum Gasteiger partial charge on any atom is -0.466 e. The van der Waals surface area contributed by atoms with Crippen molar-refractivity contribution in [3.63, 3.8) is 0 Å². The van der Waals surface area contributed by atoms with Crippen molar-refractivity contribution in [2.45, 2.75) is 32.1 Å². The van der Waals surface area contributed by atoms with Crippen molar-refractivity contribution >= 4 is 5.97 Å². The molecule has 0 unspecified atom stereocenters. The number of hydrogen-bond donors (Lipinski definition) is 0. The molecule has 4 rings (SSSR count). The van der Waals surface area contributed by atoms with Crippen LogP contribution in [0.1, 0.15) is 37.7 Å². The van der Waals surface area contributed by atoms with Crippen molar-refractivity contribution in [3.05, 3.63) is 60.2 Å². The van der Waals surface area contributed by atoms with Crippen molar-refractivity contribution < 1.29 is 19.0 Å². The Balaban J connectivity index is 1.18. The smallest absolute Gasteiger partial charge is 0.309 e. The van der Waals surface area contributed by atoms with Gasteiger partial charge < -0.3 is 14.2 Å². The Morgan fingerprint density at radius 3 is 2.54 bits per heavy atom. The van der Waals surface area contributed by atoms with Gasteiger partial charge in [-0.3, -0.25) is 4.79 Å². The van der Waals surface area contributed by atoms with Gasteiger partial charge in [0, 0.05) is 6.61 Å². The number of esters is 1. The number of para-hydroxylation sites is 1. The number of carbonyl (C=O) groups is 1. The first-order valence-corrected chi connectivity index (χ1v) is 10.3. The van der Waals surface area contributed by atoms with Crippen LogP contribution in [0.5, 0.6) is 11.5 Å². The third-order valence-corrected chi connectivity index (χ3v) is 5.74. The third-order valence-electron chi connectivity index (χ3n) is 5.74. The highest BCUT2D eigenvalue weighted by molar-refractivity contribution is 5.75. The summed E-state index contributed by atoms with van der Waals surface area (Å²) in [5.41, 5.74) is 1.34. The van der Waals surface area contributed by atoms with E-state index in [2.05, 4.69) is 18.2 Å². The summed E-state index contributed by atoms with van der Waals surface area (Å²) in [5.74, 6) is 3.33. The molecule has 0 aliphatic heterocycles. The van der Waals surface area contributed by atoms with E-state index in [1.54, 1.807) is 0 Å². The van der Waals surface area contributed by atoms with Gasteiger partial charge in [-0.2, -0.15) is 0 Å². The van der Waals surface area contributed by atoms with Crippen LogP contribution in [0, 0.1) is 17.8 Å². The zero-order chi connectivity index (χ0) is 19.3. The standard InChI is InChI=1S/C24H28O4/c1-2-27-24(25)23-14-20(23)16-26-15-17-11-19(12-17)18-7-6-10-22(13-18)28-21-8-4-3-5-9-21/h3-10,13,17,19-20,23H,2,11-12,14-16H2,1H3/t17?,19?,20-,23+/m0/s1. The quantitative estimate of drug-likeness (QED) is 0.562. The molecule has 2 fully saturated rings. The highest BCUT2D eigenvalue weighted by Gasteiger charge is 2.44. The molecule has 2 aromatic rings. The highest BCUT2D eigenvalue weighted by Crippen LogP contribution is 2.44. The molecule has 2 atom stereocenters. The van der Waals surface area contributed by atoms with Crippen LogP contribution >= 0.6 is 0 Å². The van der Waals surface area contributed by atoms with Gasteiger partial charge in [-0.05, 0) is 73.8 Å². The van der Waals surface area contributed by atoms with Gasteiger partial charge in [0.1, 0.15) is 11.5 Å². The molecule has 0 aromatic heterocycles. The predicted octanol–water partition coefficient (Wildman–Crippen LogP) is 5.19. The summed E-state index contributed by atoms with van der Waals surface area (Å²) in [6, 6.07) is 18.3. The molecule has 0 amide bonds. The maximum absolute atomic E-state index is 11.6. The molecule has 0 bridgehead atoms. The van der Waals surface area contributed by atoms with Gasteiger partial charge in [0.15, 0.2) is 0 Å². The zero-order valence-corrected chi connectivity index (χ0v) is 16.4. The van der Waals surface area contributed by atoms with Crippen LogP contribution in [0.4, 0.5) is 0 Å². The summed E-state index contributed by atoms with van der Waals surface area (Å²) in [6.07, 6.45) is 3.22. The van der Waals surface area contributed by atoms with Crippen molar-refractivity contribution in [1.29, 1.82) is 0 Å². The monoisotopic (exact) mass is 380 g/mol. The average Bonchev–Trinajstić information content (AvgIpc) is 3.44. The van der Waals surface area contributed by atoms with Gasteiger partial charge in [0.05, 0.1) is 19.1 Å². The van der Waals surface area contributed by atoms with Crippen molar-refractivity contribution in [1.82, 2.24) is 0 Å². The average molecular weight is 380 g/mol. The van der Waals surface area contributed by atoms with Crippen LogP contribution < -0.4 is 4.74 Å². The molecule has 2 aliphatic rings. The second-order valence-corrected chi connectivity index (χ2v) is 7.91. The summed E-state index contributed by atoms with van der Waals surface area (Å²) in [7, 11) is 0. The van der Waals surface area contributed by atoms with Crippen molar-refractivity contribution in [3.8, 4) is 11.5 Å². The number of hydrogen-bond acceptors (Lipinski definition) is 4. The van der Waals surface area contributed by atoms with Crippen LogP contribution in [0.15, 0.2) is 54.6 Å². The first-order valence-electron chi connectivity index (χ1n) is 10.3. The number of carbonyl (C=O) groups excluding carboxylic acids is 1. The fourth-order valence-corrected chi connectivity index (χ4v) is 3.96. The predicted molar refractivity (Wildman–Crippen MR) is 107 cm³/mol. The molecule has 0 spiro atoms. The van der Waals surface area contributed by atoms with Gasteiger partial charge in [0.25, 0.3) is 0 Å². The fourth-order valence-electron chi connectivity index (χ4n) is 3.96. The molecular formula is C24H28O4. The maximum Gasteiger partial charge on any atom is 0.309 e. The van der Waals surface area contributed by atoms with E-state index in [1.807, 2.05) is 43.3 Å². The molecule has 0 saturated heterocycles. The molecule has 28 heavy (non-hydrogen) atoms. The summed E-state index contributed by atoms with van der Waals surface area (Å²) in [6.45, 7) is 3.79. The van der Waals surface area contributed by atoms with Crippen LogP contribution in [0.25, 0.3) is 0 Å². The van der Waals surface area contributed by atoms with E-state index in [0.717, 1.165) is 37.4 Å². The highest BCUT2D eigenvalue weighted by atomic mass is 16.5. The molecule has 2 saturated carbocycles. The second kappa shape index (κ2) is 8.78. The Labute approximate surface area is 166 Å². The van der Waals surface area contributed by atoms with Gasteiger partial charge in [-0.1, -0.05) is 30.3 Å². The SMILES string of the molecule is CCOC(=O)[C@@H]1C[C@H]1COCC1CC(c2cccc(Oc3ccccc3)c2)C1. The fraction of sp³-hybridized carbons (Fsp3) is 0.458. The van der Waals surface area contributed by atoms with E-state index in [0.29, 0.717) is 31.0 Å². The molecular weight excluding hydrogens is 352 g/mol. The molecule has 148 valence electrons. The number of ether oxygens (including phenoxy) is 3. The van der Waals surface area contributed by atoms with Gasteiger partial charge in [0.2, 0.25) is 0 Å². The normalized spacial score (nSPS) is 25.6. The van der Waals surface area contributed by atoms with E-state index in [1.165, 1.54) is 5.56 Å². The Morgan fingerprint density at radius 2 is 1.75 bits per heavy atom. The lowest BCUT2D eigenvalue weighted by atomic mass is 9.72. The summed E-state index contributed by atoms with van der Waals surface area (Å²) in [4.78, 5) is 11.6. The minimum atomic E-state index is -0.0580.